The molecule has 0 saturated heterocycles. The molecule has 0 amide bonds. The van der Waals surface area contributed by atoms with E-state index < -0.39 is 0 Å². The van der Waals surface area contributed by atoms with Crippen molar-refractivity contribution in [3.8, 4) is 0 Å². The van der Waals surface area contributed by atoms with Gasteiger partial charge in [-0.05, 0) is 102 Å². The molecule has 1 unspecified atom stereocenters. The summed E-state index contributed by atoms with van der Waals surface area (Å²) < 4.78 is 0. The van der Waals surface area contributed by atoms with E-state index >= 15 is 0 Å². The third-order valence-corrected chi connectivity index (χ3v) is 11.7. The van der Waals surface area contributed by atoms with Gasteiger partial charge in [-0.2, -0.15) is 0 Å². The summed E-state index contributed by atoms with van der Waals surface area (Å²) in [6, 6.07) is 0. The van der Waals surface area contributed by atoms with Gasteiger partial charge in [0, 0.05) is 11.8 Å². The zero-order valence-electron chi connectivity index (χ0n) is 20.7. The Labute approximate surface area is 185 Å². The molecule has 0 aromatic rings. The largest absolute Gasteiger partial charge is 0.299 e. The third-order valence-electron chi connectivity index (χ3n) is 11.7. The fourth-order valence-electron chi connectivity index (χ4n) is 9.67. The lowest BCUT2D eigenvalue weighted by Gasteiger charge is -2.70. The number of carbonyl (C=O) groups excluding carboxylic acids is 1. The first-order chi connectivity index (χ1) is 13.9. The molecule has 3 fully saturated rings. The maximum absolute atomic E-state index is 12.8. The Hall–Kier alpha value is -0.850. The van der Waals surface area contributed by atoms with E-state index in [9.17, 15) is 4.79 Å². The SMILES string of the molecule is CC1(C)C=C2C(=CC[C@]3(C)C2CC[C@@H]2[C@@]4(C)CCC(=O)C(C)(C)[C@@H]4CC[C@]23C)CC1. The smallest absolute Gasteiger partial charge is 0.138 e. The first kappa shape index (κ1) is 21.0. The highest BCUT2D eigenvalue weighted by Gasteiger charge is 2.67. The molecule has 5 aliphatic rings. The molecule has 1 heteroatoms. The van der Waals surface area contributed by atoms with E-state index in [4.69, 9.17) is 0 Å². The molecule has 0 spiro atoms. The van der Waals surface area contributed by atoms with Gasteiger partial charge in [-0.25, -0.2) is 0 Å². The number of Topliss-reactive ketones (excluding diaryl/α,β-unsaturated/α-hetero) is 1. The van der Waals surface area contributed by atoms with E-state index in [0.29, 0.717) is 33.4 Å². The van der Waals surface area contributed by atoms with Crippen molar-refractivity contribution < 1.29 is 4.79 Å². The lowest BCUT2D eigenvalue weighted by Crippen LogP contribution is -2.64. The lowest BCUT2D eigenvalue weighted by molar-refractivity contribution is -0.201. The van der Waals surface area contributed by atoms with Crippen molar-refractivity contribution in [3.05, 3.63) is 23.3 Å². The standard InChI is InChI=1S/C29H44O/c1-25(2)14-10-19-11-16-28(6)21(20(19)18-25)8-9-23-27(5)15-13-24(30)26(3,4)22(27)12-17-29(23,28)7/h11,18,21-23H,8-10,12-17H2,1-7H3/t21?,22-,23+,27-,28+,29+/m0/s1. The van der Waals surface area contributed by atoms with E-state index in [1.807, 2.05) is 0 Å². The third kappa shape index (κ3) is 2.50. The molecule has 0 aromatic heterocycles. The van der Waals surface area contributed by atoms with Crippen molar-refractivity contribution in [2.24, 2.45) is 44.8 Å². The van der Waals surface area contributed by atoms with Crippen LogP contribution in [-0.4, -0.2) is 5.78 Å². The Morgan fingerprint density at radius 1 is 0.800 bits per heavy atom. The van der Waals surface area contributed by atoms with E-state index in [1.165, 1.54) is 44.9 Å². The Bertz CT molecular complexity index is 840. The number of rotatable bonds is 0. The molecule has 0 aliphatic heterocycles. The molecule has 30 heavy (non-hydrogen) atoms. The number of ketones is 1. The fourth-order valence-corrected chi connectivity index (χ4v) is 9.67. The van der Waals surface area contributed by atoms with Gasteiger partial charge in [0.25, 0.3) is 0 Å². The zero-order chi connectivity index (χ0) is 21.7. The van der Waals surface area contributed by atoms with Gasteiger partial charge in [-0.15, -0.1) is 0 Å². The highest BCUT2D eigenvalue weighted by atomic mass is 16.1. The first-order valence-corrected chi connectivity index (χ1v) is 12.8. The Balaban J connectivity index is 1.57. The molecule has 5 aliphatic carbocycles. The summed E-state index contributed by atoms with van der Waals surface area (Å²) in [6.07, 6.45) is 16.3. The number of allylic oxidation sites excluding steroid dienone is 4. The topological polar surface area (TPSA) is 17.1 Å². The Morgan fingerprint density at radius 2 is 1.53 bits per heavy atom. The number of hydrogen-bond acceptors (Lipinski definition) is 1. The predicted octanol–water partition coefficient (Wildman–Crippen LogP) is 7.91. The van der Waals surface area contributed by atoms with Crippen LogP contribution < -0.4 is 0 Å². The van der Waals surface area contributed by atoms with Gasteiger partial charge in [0.1, 0.15) is 5.78 Å². The number of fused-ring (bicyclic) bond motifs is 7. The van der Waals surface area contributed by atoms with Crippen LogP contribution in [0.25, 0.3) is 0 Å². The summed E-state index contributed by atoms with van der Waals surface area (Å²) in [5.74, 6) is 2.57. The number of carbonyl (C=O) groups is 1. The molecule has 1 nitrogen and oxygen atoms in total. The van der Waals surface area contributed by atoms with Crippen LogP contribution in [0.2, 0.25) is 0 Å². The molecule has 166 valence electrons. The second kappa shape index (κ2) is 6.14. The van der Waals surface area contributed by atoms with E-state index in [0.717, 1.165) is 24.7 Å². The van der Waals surface area contributed by atoms with E-state index in [2.05, 4.69) is 60.6 Å². The van der Waals surface area contributed by atoms with Crippen molar-refractivity contribution in [1.82, 2.24) is 0 Å². The molecule has 0 aromatic carbocycles. The quantitative estimate of drug-likeness (QED) is 0.398. The molecule has 5 rings (SSSR count). The fraction of sp³-hybridized carbons (Fsp3) is 0.828. The molecule has 0 bridgehead atoms. The van der Waals surface area contributed by atoms with Gasteiger partial charge in [0.2, 0.25) is 0 Å². The van der Waals surface area contributed by atoms with Crippen LogP contribution in [-0.2, 0) is 4.79 Å². The lowest BCUT2D eigenvalue weighted by atomic mass is 9.34. The van der Waals surface area contributed by atoms with E-state index in [-0.39, 0.29) is 5.41 Å². The molecule has 0 N–H and O–H groups in total. The van der Waals surface area contributed by atoms with Crippen LogP contribution in [0.3, 0.4) is 0 Å². The predicted molar refractivity (Wildman–Crippen MR) is 125 cm³/mol. The summed E-state index contributed by atoms with van der Waals surface area (Å²) in [4.78, 5) is 12.8. The highest BCUT2D eigenvalue weighted by Crippen LogP contribution is 2.74. The van der Waals surface area contributed by atoms with Gasteiger partial charge >= 0.3 is 0 Å². The minimum absolute atomic E-state index is 0.137. The van der Waals surface area contributed by atoms with E-state index in [1.54, 1.807) is 11.1 Å². The molecular weight excluding hydrogens is 364 g/mol. The minimum atomic E-state index is -0.137. The van der Waals surface area contributed by atoms with Crippen molar-refractivity contribution in [3.63, 3.8) is 0 Å². The summed E-state index contributed by atoms with van der Waals surface area (Å²) in [6.45, 7) is 17.3. The monoisotopic (exact) mass is 408 g/mol. The minimum Gasteiger partial charge on any atom is -0.299 e. The maximum Gasteiger partial charge on any atom is 0.138 e. The van der Waals surface area contributed by atoms with Crippen LogP contribution in [0.1, 0.15) is 106 Å². The average Bonchev–Trinajstić information content (AvgIpc) is 2.65. The first-order valence-electron chi connectivity index (χ1n) is 12.8. The molecule has 0 heterocycles. The van der Waals surface area contributed by atoms with Gasteiger partial charge < -0.3 is 0 Å². The van der Waals surface area contributed by atoms with Gasteiger partial charge in [0.15, 0.2) is 0 Å². The maximum atomic E-state index is 12.8. The summed E-state index contributed by atoms with van der Waals surface area (Å²) in [5, 5.41) is 0. The Kier molecular flexibility index (Phi) is 4.30. The Morgan fingerprint density at radius 3 is 2.27 bits per heavy atom. The highest BCUT2D eigenvalue weighted by molar-refractivity contribution is 5.85. The normalized spacial score (nSPS) is 49.0. The van der Waals surface area contributed by atoms with Crippen molar-refractivity contribution in [2.45, 2.75) is 106 Å². The zero-order valence-corrected chi connectivity index (χ0v) is 20.7. The average molecular weight is 409 g/mol. The van der Waals surface area contributed by atoms with Gasteiger partial charge in [0.05, 0.1) is 0 Å². The molecular formula is C29H44O. The van der Waals surface area contributed by atoms with Crippen LogP contribution in [0, 0.1) is 44.8 Å². The summed E-state index contributed by atoms with van der Waals surface area (Å²) in [5.41, 5.74) is 4.68. The second-order valence-corrected chi connectivity index (χ2v) is 13.8. The van der Waals surface area contributed by atoms with Crippen LogP contribution in [0.5, 0.6) is 0 Å². The summed E-state index contributed by atoms with van der Waals surface area (Å²) in [7, 11) is 0. The summed E-state index contributed by atoms with van der Waals surface area (Å²) >= 11 is 0. The van der Waals surface area contributed by atoms with Crippen molar-refractivity contribution >= 4 is 5.78 Å². The second-order valence-electron chi connectivity index (χ2n) is 13.8. The number of hydrogen-bond donors (Lipinski definition) is 0. The molecule has 0 radical (unpaired) electrons. The van der Waals surface area contributed by atoms with Crippen LogP contribution >= 0.6 is 0 Å². The van der Waals surface area contributed by atoms with Crippen molar-refractivity contribution in [2.75, 3.05) is 0 Å². The van der Waals surface area contributed by atoms with Crippen LogP contribution in [0.4, 0.5) is 0 Å². The van der Waals surface area contributed by atoms with Crippen molar-refractivity contribution in [1.29, 1.82) is 0 Å². The molecule has 6 atom stereocenters. The van der Waals surface area contributed by atoms with Crippen LogP contribution in [0.15, 0.2) is 23.3 Å². The molecule has 3 saturated carbocycles. The van der Waals surface area contributed by atoms with Gasteiger partial charge in [-0.3, -0.25) is 4.79 Å². The van der Waals surface area contributed by atoms with Gasteiger partial charge in [-0.1, -0.05) is 60.6 Å².